The summed E-state index contributed by atoms with van der Waals surface area (Å²) in [5.41, 5.74) is 2.28. The molecule has 0 saturated carbocycles. The Hall–Kier alpha value is -1.61. The van der Waals surface area contributed by atoms with Gasteiger partial charge < -0.3 is 10.1 Å². The van der Waals surface area contributed by atoms with Gasteiger partial charge in [-0.1, -0.05) is 24.3 Å². The van der Waals surface area contributed by atoms with Crippen LogP contribution in [-0.4, -0.2) is 13.4 Å². The molecule has 2 aromatic rings. The van der Waals surface area contributed by atoms with Gasteiger partial charge in [0.2, 0.25) is 0 Å². The molecule has 94 valence electrons. The van der Waals surface area contributed by atoms with E-state index >= 15 is 0 Å². The predicted octanol–water partition coefficient (Wildman–Crippen LogP) is 4.03. The second-order valence-corrected chi connectivity index (χ2v) is 4.78. The van der Waals surface area contributed by atoms with Crippen molar-refractivity contribution < 1.29 is 4.74 Å². The summed E-state index contributed by atoms with van der Waals surface area (Å²) in [6, 6.07) is 16.5. The van der Waals surface area contributed by atoms with E-state index in [0.29, 0.717) is 0 Å². The molecule has 0 bridgehead atoms. The van der Waals surface area contributed by atoms with Gasteiger partial charge in [-0.25, -0.2) is 0 Å². The van der Waals surface area contributed by atoms with Gasteiger partial charge in [0.05, 0.1) is 12.8 Å². The lowest BCUT2D eigenvalue weighted by Crippen LogP contribution is -2.01. The van der Waals surface area contributed by atoms with Crippen LogP contribution in [0.2, 0.25) is 0 Å². The fourth-order valence-electron chi connectivity index (χ4n) is 1.73. The first-order valence-corrected chi connectivity index (χ1v) is 7.06. The Morgan fingerprint density at radius 1 is 1.06 bits per heavy atom. The van der Waals surface area contributed by atoms with Crippen molar-refractivity contribution in [2.75, 3.05) is 18.7 Å². The van der Waals surface area contributed by atoms with Gasteiger partial charge in [-0.2, -0.15) is 0 Å². The zero-order valence-electron chi connectivity index (χ0n) is 10.6. The summed E-state index contributed by atoms with van der Waals surface area (Å²) >= 11 is 1.76. The first-order valence-electron chi connectivity index (χ1n) is 5.83. The minimum Gasteiger partial charge on any atom is -0.495 e. The molecule has 2 nitrogen and oxygen atoms in total. The van der Waals surface area contributed by atoms with Crippen LogP contribution in [0.1, 0.15) is 5.56 Å². The van der Waals surface area contributed by atoms with E-state index in [0.717, 1.165) is 18.0 Å². The summed E-state index contributed by atoms with van der Waals surface area (Å²) in [7, 11) is 1.69. The van der Waals surface area contributed by atoms with Gasteiger partial charge >= 0.3 is 0 Å². The fraction of sp³-hybridized carbons (Fsp3) is 0.200. The van der Waals surface area contributed by atoms with Crippen molar-refractivity contribution in [1.82, 2.24) is 0 Å². The fourth-order valence-corrected chi connectivity index (χ4v) is 2.14. The van der Waals surface area contributed by atoms with E-state index in [-0.39, 0.29) is 0 Å². The summed E-state index contributed by atoms with van der Waals surface area (Å²) in [6.45, 7) is 0.801. The highest BCUT2D eigenvalue weighted by molar-refractivity contribution is 7.98. The van der Waals surface area contributed by atoms with Crippen molar-refractivity contribution >= 4 is 17.4 Å². The lowest BCUT2D eigenvalue weighted by atomic mass is 10.2. The lowest BCUT2D eigenvalue weighted by molar-refractivity contribution is 0.416. The van der Waals surface area contributed by atoms with Crippen LogP contribution in [0.3, 0.4) is 0 Å². The summed E-state index contributed by atoms with van der Waals surface area (Å²) in [5, 5.41) is 3.39. The van der Waals surface area contributed by atoms with E-state index in [1.54, 1.807) is 18.9 Å². The van der Waals surface area contributed by atoms with E-state index in [1.165, 1.54) is 10.5 Å². The van der Waals surface area contributed by atoms with Crippen LogP contribution in [-0.2, 0) is 6.54 Å². The normalized spacial score (nSPS) is 10.1. The van der Waals surface area contributed by atoms with Crippen LogP contribution in [0.25, 0.3) is 0 Å². The molecular formula is C15H17NOS. The van der Waals surface area contributed by atoms with Crippen molar-refractivity contribution in [3.05, 3.63) is 54.1 Å². The van der Waals surface area contributed by atoms with Gasteiger partial charge in [-0.3, -0.25) is 0 Å². The number of nitrogens with one attached hydrogen (secondary N) is 1. The van der Waals surface area contributed by atoms with Crippen molar-refractivity contribution in [3.63, 3.8) is 0 Å². The number of anilines is 1. The molecule has 0 fully saturated rings. The highest BCUT2D eigenvalue weighted by Crippen LogP contribution is 2.24. The van der Waals surface area contributed by atoms with Gasteiger partial charge in [0.1, 0.15) is 5.75 Å². The molecule has 0 radical (unpaired) electrons. The molecule has 0 atom stereocenters. The van der Waals surface area contributed by atoms with Crippen LogP contribution in [0, 0.1) is 0 Å². The molecule has 0 unspecified atom stereocenters. The third kappa shape index (κ3) is 3.20. The number of hydrogen-bond donors (Lipinski definition) is 1. The maximum Gasteiger partial charge on any atom is 0.141 e. The average molecular weight is 259 g/mol. The standard InChI is InChI=1S/C15H17NOS/c1-17-15-6-4-3-5-14(15)16-11-12-7-9-13(18-2)10-8-12/h3-10,16H,11H2,1-2H3. The molecule has 2 rings (SSSR count). The maximum absolute atomic E-state index is 5.30. The number of methoxy groups -OCH3 is 1. The smallest absolute Gasteiger partial charge is 0.141 e. The van der Waals surface area contributed by atoms with Gasteiger partial charge in [0.25, 0.3) is 0 Å². The van der Waals surface area contributed by atoms with Crippen molar-refractivity contribution in [2.45, 2.75) is 11.4 Å². The molecule has 0 saturated heterocycles. The topological polar surface area (TPSA) is 21.3 Å². The summed E-state index contributed by atoms with van der Waals surface area (Å²) in [4.78, 5) is 1.29. The van der Waals surface area contributed by atoms with Gasteiger partial charge in [-0.05, 0) is 36.1 Å². The Balaban J connectivity index is 2.02. The average Bonchev–Trinajstić information content (AvgIpc) is 2.46. The number of para-hydroxylation sites is 2. The molecule has 0 aliphatic heterocycles. The van der Waals surface area contributed by atoms with Crippen LogP contribution in [0.5, 0.6) is 5.75 Å². The Morgan fingerprint density at radius 3 is 2.44 bits per heavy atom. The summed E-state index contributed by atoms with van der Waals surface area (Å²) in [6.07, 6.45) is 2.09. The predicted molar refractivity (Wildman–Crippen MR) is 78.5 cm³/mol. The molecule has 0 aliphatic rings. The van der Waals surface area contributed by atoms with Crippen LogP contribution >= 0.6 is 11.8 Å². The molecule has 0 aliphatic carbocycles. The third-order valence-electron chi connectivity index (χ3n) is 2.75. The highest BCUT2D eigenvalue weighted by Gasteiger charge is 2.00. The van der Waals surface area contributed by atoms with Crippen LogP contribution in [0.4, 0.5) is 5.69 Å². The minimum absolute atomic E-state index is 0.801. The molecule has 0 amide bonds. The van der Waals surface area contributed by atoms with Gasteiger partial charge in [0, 0.05) is 11.4 Å². The first kappa shape index (κ1) is 12.8. The second-order valence-electron chi connectivity index (χ2n) is 3.90. The van der Waals surface area contributed by atoms with Crippen molar-refractivity contribution in [3.8, 4) is 5.75 Å². The van der Waals surface area contributed by atoms with E-state index in [9.17, 15) is 0 Å². The lowest BCUT2D eigenvalue weighted by Gasteiger charge is -2.11. The number of thioether (sulfide) groups is 1. The largest absolute Gasteiger partial charge is 0.495 e. The van der Waals surface area contributed by atoms with E-state index in [4.69, 9.17) is 4.74 Å². The molecule has 1 N–H and O–H groups in total. The maximum atomic E-state index is 5.30. The van der Waals surface area contributed by atoms with Crippen molar-refractivity contribution in [1.29, 1.82) is 0 Å². The Labute approximate surface area is 112 Å². The summed E-state index contributed by atoms with van der Waals surface area (Å²) in [5.74, 6) is 0.873. The zero-order valence-corrected chi connectivity index (χ0v) is 11.5. The molecule has 2 aromatic carbocycles. The first-order chi connectivity index (χ1) is 8.83. The molecular weight excluding hydrogens is 242 g/mol. The number of rotatable bonds is 5. The molecule has 0 spiro atoms. The summed E-state index contributed by atoms with van der Waals surface area (Å²) < 4.78 is 5.30. The molecule has 18 heavy (non-hydrogen) atoms. The van der Waals surface area contributed by atoms with Gasteiger partial charge in [0.15, 0.2) is 0 Å². The minimum atomic E-state index is 0.801. The zero-order chi connectivity index (χ0) is 12.8. The number of ether oxygens (including phenoxy) is 1. The SMILES string of the molecule is COc1ccccc1NCc1ccc(SC)cc1. The monoisotopic (exact) mass is 259 g/mol. The number of hydrogen-bond acceptors (Lipinski definition) is 3. The third-order valence-corrected chi connectivity index (χ3v) is 3.49. The Morgan fingerprint density at radius 2 is 1.78 bits per heavy atom. The van der Waals surface area contributed by atoms with E-state index in [2.05, 4.69) is 35.8 Å². The Bertz CT molecular complexity index is 496. The van der Waals surface area contributed by atoms with Crippen LogP contribution < -0.4 is 10.1 Å². The molecule has 0 aromatic heterocycles. The highest BCUT2D eigenvalue weighted by atomic mass is 32.2. The molecule has 3 heteroatoms. The van der Waals surface area contributed by atoms with Crippen LogP contribution in [0.15, 0.2) is 53.4 Å². The second kappa shape index (κ2) is 6.36. The van der Waals surface area contributed by atoms with E-state index < -0.39 is 0 Å². The van der Waals surface area contributed by atoms with Gasteiger partial charge in [-0.15, -0.1) is 11.8 Å². The number of benzene rings is 2. The molecule has 0 heterocycles. The quantitative estimate of drug-likeness (QED) is 0.819. The van der Waals surface area contributed by atoms with Crippen molar-refractivity contribution in [2.24, 2.45) is 0 Å². The Kier molecular flexibility index (Phi) is 4.53. The van der Waals surface area contributed by atoms with E-state index in [1.807, 2.05) is 24.3 Å².